The summed E-state index contributed by atoms with van der Waals surface area (Å²) in [6.45, 7) is 1.27. The molecule has 7 N–H and O–H groups in total. The Labute approximate surface area is 198 Å². The number of nitrogens with one attached hydrogen (secondary N) is 3. The summed E-state index contributed by atoms with van der Waals surface area (Å²) in [5.74, 6) is 1.68. The first-order chi connectivity index (χ1) is 16.7. The summed E-state index contributed by atoms with van der Waals surface area (Å²) >= 11 is 0. The summed E-state index contributed by atoms with van der Waals surface area (Å²) in [5.41, 5.74) is 15.1. The molecule has 0 amide bonds. The molecule has 0 radical (unpaired) electrons. The van der Waals surface area contributed by atoms with E-state index in [1.54, 1.807) is 12.4 Å². The highest BCUT2D eigenvalue weighted by Crippen LogP contribution is 2.26. The van der Waals surface area contributed by atoms with Gasteiger partial charge in [-0.3, -0.25) is 5.10 Å². The lowest BCUT2D eigenvalue weighted by Crippen LogP contribution is -2.29. The van der Waals surface area contributed by atoms with Crippen LogP contribution in [0.1, 0.15) is 37.3 Å². The number of aromatic amines is 1. The summed E-state index contributed by atoms with van der Waals surface area (Å²) in [6.07, 6.45) is 7.94. The van der Waals surface area contributed by atoms with Gasteiger partial charge in [0, 0.05) is 31.5 Å². The lowest BCUT2D eigenvalue weighted by Gasteiger charge is -2.26. The molecule has 0 aliphatic heterocycles. The first-order valence-electron chi connectivity index (χ1n) is 11.7. The Morgan fingerprint density at radius 3 is 2.62 bits per heavy atom. The molecule has 1 fully saturated rings. The van der Waals surface area contributed by atoms with E-state index < -0.39 is 0 Å². The quantitative estimate of drug-likeness (QED) is 0.268. The van der Waals surface area contributed by atoms with E-state index in [4.69, 9.17) is 11.5 Å². The van der Waals surface area contributed by atoms with Crippen LogP contribution in [0.15, 0.2) is 48.8 Å². The van der Waals surface area contributed by atoms with Crippen molar-refractivity contribution in [2.45, 2.75) is 37.8 Å². The Balaban J connectivity index is 1.30. The average molecular weight is 459 g/mol. The topological polar surface area (TPSA) is 156 Å². The van der Waals surface area contributed by atoms with Crippen LogP contribution < -0.4 is 22.1 Å². The second-order valence-corrected chi connectivity index (χ2v) is 8.80. The van der Waals surface area contributed by atoms with E-state index in [9.17, 15) is 0 Å². The molecule has 176 valence electrons. The smallest absolute Gasteiger partial charge is 0.224 e. The molecule has 34 heavy (non-hydrogen) atoms. The molecule has 3 heterocycles. The summed E-state index contributed by atoms with van der Waals surface area (Å²) < 4.78 is 0. The van der Waals surface area contributed by atoms with Gasteiger partial charge in [-0.1, -0.05) is 30.3 Å². The molecule has 1 unspecified atom stereocenters. The zero-order valence-electron chi connectivity index (χ0n) is 19.0. The van der Waals surface area contributed by atoms with Crippen LogP contribution in [0.5, 0.6) is 0 Å². The molecule has 5 rings (SSSR count). The molecule has 0 bridgehead atoms. The highest BCUT2D eigenvalue weighted by atomic mass is 15.2. The predicted molar refractivity (Wildman–Crippen MR) is 133 cm³/mol. The molecule has 0 saturated heterocycles. The van der Waals surface area contributed by atoms with Crippen molar-refractivity contribution >= 4 is 22.9 Å². The van der Waals surface area contributed by atoms with Gasteiger partial charge < -0.3 is 22.1 Å². The van der Waals surface area contributed by atoms with Gasteiger partial charge in [0.2, 0.25) is 11.9 Å². The third-order valence-electron chi connectivity index (χ3n) is 6.40. The third-order valence-corrected chi connectivity index (χ3v) is 6.40. The van der Waals surface area contributed by atoms with Gasteiger partial charge >= 0.3 is 0 Å². The number of hydrogen-bond donors (Lipinski definition) is 5. The molecule has 10 heteroatoms. The van der Waals surface area contributed by atoms with E-state index in [1.807, 2.05) is 36.4 Å². The highest BCUT2D eigenvalue weighted by Gasteiger charge is 2.19. The van der Waals surface area contributed by atoms with Gasteiger partial charge in [0.1, 0.15) is 0 Å². The molecule has 1 aliphatic carbocycles. The number of benzene rings is 1. The van der Waals surface area contributed by atoms with Crippen molar-refractivity contribution in [3.8, 4) is 11.4 Å². The van der Waals surface area contributed by atoms with E-state index >= 15 is 0 Å². The van der Waals surface area contributed by atoms with E-state index in [-0.39, 0.29) is 6.04 Å². The minimum atomic E-state index is -0.0909. The Morgan fingerprint density at radius 1 is 1.00 bits per heavy atom. The first-order valence-corrected chi connectivity index (χ1v) is 11.7. The van der Waals surface area contributed by atoms with Crippen LogP contribution in [0.2, 0.25) is 0 Å². The summed E-state index contributed by atoms with van der Waals surface area (Å²) in [7, 11) is 0. The van der Waals surface area contributed by atoms with E-state index in [1.165, 1.54) is 0 Å². The lowest BCUT2D eigenvalue weighted by atomic mass is 9.86. The van der Waals surface area contributed by atoms with Crippen LogP contribution in [0, 0.1) is 5.92 Å². The summed E-state index contributed by atoms with van der Waals surface area (Å²) in [6, 6.07) is 12.1. The standard InChI is InChI=1S/C24H30N10/c25-12-20(16-4-2-1-3-5-16)31-24-27-11-10-19(30-24)21-18-14-29-23(32-22(18)34-33-21)28-13-15-6-8-17(26)9-7-15/h1-5,10-11,14-15,17,20H,6-9,12-13,25-26H2,(H,27,30,31)(H2,28,29,32,33,34). The maximum Gasteiger partial charge on any atom is 0.224 e. The van der Waals surface area contributed by atoms with Crippen molar-refractivity contribution in [2.24, 2.45) is 17.4 Å². The SMILES string of the molecule is NCC(Nc1nccc(-c2[nH]nc3nc(NCC4CCC(N)CC4)ncc23)n1)c1ccccc1. The van der Waals surface area contributed by atoms with Gasteiger partial charge in [-0.05, 0) is 43.2 Å². The maximum atomic E-state index is 6.01. The molecule has 10 nitrogen and oxygen atoms in total. The van der Waals surface area contributed by atoms with Crippen molar-refractivity contribution in [3.05, 3.63) is 54.4 Å². The summed E-state index contributed by atoms with van der Waals surface area (Å²) in [5, 5.41) is 14.9. The Bertz CT molecular complexity index is 1220. The fourth-order valence-electron chi connectivity index (χ4n) is 4.40. The molecule has 4 aromatic rings. The molecule has 1 atom stereocenters. The van der Waals surface area contributed by atoms with Crippen molar-refractivity contribution in [3.63, 3.8) is 0 Å². The van der Waals surface area contributed by atoms with Gasteiger partial charge in [-0.15, -0.1) is 0 Å². The minimum absolute atomic E-state index is 0.0909. The zero-order chi connectivity index (χ0) is 23.3. The van der Waals surface area contributed by atoms with Crippen LogP contribution in [-0.2, 0) is 0 Å². The highest BCUT2D eigenvalue weighted by molar-refractivity contribution is 5.89. The van der Waals surface area contributed by atoms with Crippen molar-refractivity contribution in [2.75, 3.05) is 23.7 Å². The number of hydrogen-bond acceptors (Lipinski definition) is 9. The monoisotopic (exact) mass is 458 g/mol. The summed E-state index contributed by atoms with van der Waals surface area (Å²) in [4.78, 5) is 18.1. The van der Waals surface area contributed by atoms with Gasteiger partial charge in [0.15, 0.2) is 5.65 Å². The Kier molecular flexibility index (Phi) is 6.59. The molecular weight excluding hydrogens is 428 g/mol. The fraction of sp³-hybridized carbons (Fsp3) is 0.375. The first kappa shape index (κ1) is 22.2. The Hall–Kier alpha value is -3.63. The third kappa shape index (κ3) is 4.97. The number of H-pyrrole nitrogens is 1. The van der Waals surface area contributed by atoms with E-state index in [0.29, 0.717) is 41.7 Å². The number of fused-ring (bicyclic) bond motifs is 1. The number of anilines is 2. The van der Waals surface area contributed by atoms with Crippen molar-refractivity contribution in [1.29, 1.82) is 0 Å². The maximum absolute atomic E-state index is 6.01. The predicted octanol–water partition coefficient (Wildman–Crippen LogP) is 2.85. The molecule has 0 spiro atoms. The van der Waals surface area contributed by atoms with Crippen molar-refractivity contribution < 1.29 is 0 Å². The van der Waals surface area contributed by atoms with E-state index in [0.717, 1.165) is 48.9 Å². The molecule has 1 aliphatic rings. The van der Waals surface area contributed by atoms with Gasteiger partial charge in [0.25, 0.3) is 0 Å². The number of rotatable bonds is 8. The average Bonchev–Trinajstić information content (AvgIpc) is 3.31. The minimum Gasteiger partial charge on any atom is -0.354 e. The van der Waals surface area contributed by atoms with Gasteiger partial charge in [-0.2, -0.15) is 10.1 Å². The molecule has 1 aromatic carbocycles. The number of nitrogens with two attached hydrogens (primary N) is 2. The second kappa shape index (κ2) is 10.1. The molecular formula is C24H30N10. The fourth-order valence-corrected chi connectivity index (χ4v) is 4.40. The Morgan fingerprint density at radius 2 is 1.82 bits per heavy atom. The molecule has 3 aromatic heterocycles. The van der Waals surface area contributed by atoms with Crippen LogP contribution in [0.3, 0.4) is 0 Å². The lowest BCUT2D eigenvalue weighted by molar-refractivity contribution is 0.338. The zero-order valence-corrected chi connectivity index (χ0v) is 19.0. The van der Waals surface area contributed by atoms with Gasteiger partial charge in [-0.25, -0.2) is 15.0 Å². The van der Waals surface area contributed by atoms with Crippen LogP contribution in [0.25, 0.3) is 22.4 Å². The van der Waals surface area contributed by atoms with Crippen LogP contribution in [0.4, 0.5) is 11.9 Å². The van der Waals surface area contributed by atoms with Crippen molar-refractivity contribution in [1.82, 2.24) is 30.1 Å². The van der Waals surface area contributed by atoms with Gasteiger partial charge in [0.05, 0.1) is 22.8 Å². The number of aromatic nitrogens is 6. The van der Waals surface area contributed by atoms with Crippen LogP contribution >= 0.6 is 0 Å². The normalized spacial score (nSPS) is 19.1. The second-order valence-electron chi connectivity index (χ2n) is 8.80. The van der Waals surface area contributed by atoms with E-state index in [2.05, 4.69) is 40.8 Å². The van der Waals surface area contributed by atoms with Crippen LogP contribution in [-0.4, -0.2) is 49.3 Å². The molecule has 1 saturated carbocycles. The number of nitrogens with zero attached hydrogens (tertiary/aromatic N) is 5. The largest absolute Gasteiger partial charge is 0.354 e.